The average Bonchev–Trinajstić information content (AvgIpc) is 2.39. The molecule has 1 aromatic rings. The highest BCUT2D eigenvalue weighted by Crippen LogP contribution is 2.32. The van der Waals surface area contributed by atoms with Crippen molar-refractivity contribution in [3.8, 4) is 0 Å². The number of hydrogen-bond donors (Lipinski definition) is 1. The Morgan fingerprint density at radius 3 is 2.84 bits per heavy atom. The van der Waals surface area contributed by atoms with Crippen LogP contribution in [0.3, 0.4) is 0 Å². The van der Waals surface area contributed by atoms with Crippen LogP contribution in [-0.2, 0) is 4.79 Å². The minimum Gasteiger partial charge on any atom is -0.310 e. The topological polar surface area (TPSA) is 75.5 Å². The highest BCUT2D eigenvalue weighted by molar-refractivity contribution is 9.10. The Labute approximate surface area is 119 Å². The predicted octanol–water partition coefficient (Wildman–Crippen LogP) is 2.07. The molecule has 102 valence electrons. The molecule has 1 N–H and O–H groups in total. The second-order valence-electron chi connectivity index (χ2n) is 4.37. The van der Waals surface area contributed by atoms with Crippen LogP contribution < -0.4 is 10.2 Å². The van der Waals surface area contributed by atoms with Gasteiger partial charge in [0.1, 0.15) is 0 Å². The van der Waals surface area contributed by atoms with Gasteiger partial charge < -0.3 is 10.2 Å². The van der Waals surface area contributed by atoms with Gasteiger partial charge in [0.25, 0.3) is 5.69 Å². The Bertz CT molecular complexity index is 521. The number of anilines is 1. The van der Waals surface area contributed by atoms with E-state index in [0.717, 1.165) is 12.8 Å². The summed E-state index contributed by atoms with van der Waals surface area (Å²) in [6.45, 7) is 0.632. The maximum Gasteiger partial charge on any atom is 0.270 e. The zero-order valence-corrected chi connectivity index (χ0v) is 12.0. The second kappa shape index (κ2) is 5.66. The number of nitro benzene ring substituents is 1. The molecule has 1 unspecified atom stereocenters. The number of hydrogen-bond acceptors (Lipinski definition) is 4. The molecule has 6 nitrogen and oxygen atoms in total. The second-order valence-corrected chi connectivity index (χ2v) is 5.22. The molecular weight excluding hydrogens is 314 g/mol. The van der Waals surface area contributed by atoms with Gasteiger partial charge in [-0.05, 0) is 41.9 Å². The van der Waals surface area contributed by atoms with Gasteiger partial charge >= 0.3 is 0 Å². The molecule has 7 heteroatoms. The quantitative estimate of drug-likeness (QED) is 0.681. The van der Waals surface area contributed by atoms with E-state index < -0.39 is 4.92 Å². The number of carbonyl (C=O) groups is 1. The first-order valence-electron chi connectivity index (χ1n) is 5.97. The van der Waals surface area contributed by atoms with Gasteiger partial charge in [0.2, 0.25) is 5.91 Å². The number of benzene rings is 1. The Morgan fingerprint density at radius 1 is 1.53 bits per heavy atom. The minimum absolute atomic E-state index is 0.00306. The molecule has 0 spiro atoms. The standard InChI is InChI=1S/C12H14BrN3O3/c1-14-10-3-2-6-15(12(10)17)11-5-4-8(16(18)19)7-9(11)13/h4-5,7,10,14H,2-3,6H2,1H3. The fourth-order valence-corrected chi connectivity index (χ4v) is 2.79. The lowest BCUT2D eigenvalue weighted by molar-refractivity contribution is -0.384. The van der Waals surface area contributed by atoms with E-state index in [0.29, 0.717) is 16.7 Å². The van der Waals surface area contributed by atoms with E-state index in [9.17, 15) is 14.9 Å². The van der Waals surface area contributed by atoms with Gasteiger partial charge in [-0.15, -0.1) is 0 Å². The molecule has 1 fully saturated rings. The third-order valence-electron chi connectivity index (χ3n) is 3.22. The summed E-state index contributed by atoms with van der Waals surface area (Å²) >= 11 is 3.30. The van der Waals surface area contributed by atoms with Crippen LogP contribution in [0.4, 0.5) is 11.4 Å². The van der Waals surface area contributed by atoms with Crippen molar-refractivity contribution in [1.29, 1.82) is 0 Å². The summed E-state index contributed by atoms with van der Waals surface area (Å²) in [4.78, 5) is 24.1. The molecule has 0 bridgehead atoms. The van der Waals surface area contributed by atoms with Crippen molar-refractivity contribution in [1.82, 2.24) is 5.32 Å². The third-order valence-corrected chi connectivity index (χ3v) is 3.86. The first kappa shape index (κ1) is 14.0. The minimum atomic E-state index is -0.455. The third kappa shape index (κ3) is 2.76. The number of amides is 1. The van der Waals surface area contributed by atoms with Crippen LogP contribution >= 0.6 is 15.9 Å². The van der Waals surface area contributed by atoms with E-state index in [1.165, 1.54) is 12.1 Å². The number of likely N-dealkylation sites (N-methyl/N-ethyl adjacent to an activating group) is 1. The summed E-state index contributed by atoms with van der Waals surface area (Å²) in [5, 5.41) is 13.7. The molecule has 1 aliphatic rings. The van der Waals surface area contributed by atoms with Crippen LogP contribution in [0, 0.1) is 10.1 Å². The zero-order valence-electron chi connectivity index (χ0n) is 10.4. The van der Waals surface area contributed by atoms with Crippen LogP contribution in [0.25, 0.3) is 0 Å². The lowest BCUT2D eigenvalue weighted by Gasteiger charge is -2.32. The van der Waals surface area contributed by atoms with Crippen molar-refractivity contribution in [2.45, 2.75) is 18.9 Å². The normalized spacial score (nSPS) is 19.6. The number of piperidine rings is 1. The molecule has 19 heavy (non-hydrogen) atoms. The largest absolute Gasteiger partial charge is 0.310 e. The smallest absolute Gasteiger partial charge is 0.270 e. The summed E-state index contributed by atoms with van der Waals surface area (Å²) in [6, 6.07) is 4.26. The molecule has 1 saturated heterocycles. The predicted molar refractivity (Wildman–Crippen MR) is 75.2 cm³/mol. The molecule has 1 atom stereocenters. The van der Waals surface area contributed by atoms with Gasteiger partial charge in [-0.3, -0.25) is 14.9 Å². The van der Waals surface area contributed by atoms with E-state index >= 15 is 0 Å². The highest BCUT2D eigenvalue weighted by atomic mass is 79.9. The number of non-ortho nitro benzene ring substituents is 1. The molecule has 0 aromatic heterocycles. The number of halogens is 1. The Hall–Kier alpha value is -1.47. The van der Waals surface area contributed by atoms with Gasteiger partial charge in [-0.2, -0.15) is 0 Å². The first-order valence-corrected chi connectivity index (χ1v) is 6.76. The zero-order chi connectivity index (χ0) is 14.0. The molecule has 0 saturated carbocycles. The van der Waals surface area contributed by atoms with E-state index in [1.54, 1.807) is 18.0 Å². The number of nitrogens with zero attached hydrogens (tertiary/aromatic N) is 2. The van der Waals surface area contributed by atoms with Gasteiger partial charge in [-0.25, -0.2) is 0 Å². The van der Waals surface area contributed by atoms with Crippen molar-refractivity contribution < 1.29 is 9.72 Å². The van der Waals surface area contributed by atoms with Crippen molar-refractivity contribution in [3.05, 3.63) is 32.8 Å². The average molecular weight is 328 g/mol. The summed E-state index contributed by atoms with van der Waals surface area (Å²) < 4.78 is 0.562. The van der Waals surface area contributed by atoms with Gasteiger partial charge in [0.15, 0.2) is 0 Å². The van der Waals surface area contributed by atoms with Crippen LogP contribution in [0.1, 0.15) is 12.8 Å². The molecule has 1 amide bonds. The van der Waals surface area contributed by atoms with Crippen LogP contribution in [0.2, 0.25) is 0 Å². The number of nitrogens with one attached hydrogen (secondary N) is 1. The van der Waals surface area contributed by atoms with Crippen molar-refractivity contribution in [3.63, 3.8) is 0 Å². The van der Waals surface area contributed by atoms with Gasteiger partial charge in [0, 0.05) is 23.2 Å². The van der Waals surface area contributed by atoms with Crippen LogP contribution in [0.15, 0.2) is 22.7 Å². The monoisotopic (exact) mass is 327 g/mol. The highest BCUT2D eigenvalue weighted by Gasteiger charge is 2.29. The lowest BCUT2D eigenvalue weighted by Crippen LogP contribution is -2.49. The van der Waals surface area contributed by atoms with Gasteiger partial charge in [0.05, 0.1) is 16.7 Å². The summed E-state index contributed by atoms with van der Waals surface area (Å²) in [5.41, 5.74) is 0.681. The van der Waals surface area contributed by atoms with E-state index in [1.807, 2.05) is 0 Å². The maximum atomic E-state index is 12.2. The van der Waals surface area contributed by atoms with E-state index in [-0.39, 0.29) is 17.6 Å². The summed E-state index contributed by atoms with van der Waals surface area (Å²) in [7, 11) is 1.76. The molecule has 1 aliphatic heterocycles. The summed E-state index contributed by atoms with van der Waals surface area (Å²) in [5.74, 6) is 0.00306. The number of rotatable bonds is 3. The Balaban J connectivity index is 2.31. The molecule has 2 rings (SSSR count). The van der Waals surface area contributed by atoms with Crippen molar-refractivity contribution >= 4 is 33.2 Å². The van der Waals surface area contributed by atoms with Crippen molar-refractivity contribution in [2.75, 3.05) is 18.5 Å². The molecule has 0 radical (unpaired) electrons. The van der Waals surface area contributed by atoms with Gasteiger partial charge in [-0.1, -0.05) is 0 Å². The first-order chi connectivity index (χ1) is 9.04. The summed E-state index contributed by atoms with van der Waals surface area (Å²) in [6.07, 6.45) is 1.72. The Kier molecular flexibility index (Phi) is 4.16. The van der Waals surface area contributed by atoms with E-state index in [4.69, 9.17) is 0 Å². The Morgan fingerprint density at radius 2 is 2.26 bits per heavy atom. The fourth-order valence-electron chi connectivity index (χ4n) is 2.21. The maximum absolute atomic E-state index is 12.2. The fraction of sp³-hybridized carbons (Fsp3) is 0.417. The van der Waals surface area contributed by atoms with E-state index in [2.05, 4.69) is 21.2 Å². The molecule has 1 aromatic carbocycles. The number of nitro groups is 1. The molecule has 0 aliphatic carbocycles. The SMILES string of the molecule is CNC1CCCN(c2ccc([N+](=O)[O-])cc2Br)C1=O. The number of carbonyl (C=O) groups excluding carboxylic acids is 1. The molecular formula is C12H14BrN3O3. The molecule has 1 heterocycles. The van der Waals surface area contributed by atoms with Crippen molar-refractivity contribution in [2.24, 2.45) is 0 Å². The van der Waals surface area contributed by atoms with Crippen LogP contribution in [-0.4, -0.2) is 30.5 Å². The lowest BCUT2D eigenvalue weighted by atomic mass is 10.0. The van der Waals surface area contributed by atoms with Crippen LogP contribution in [0.5, 0.6) is 0 Å².